The van der Waals surface area contributed by atoms with Gasteiger partial charge in [0.1, 0.15) is 0 Å². The maximum atomic E-state index is 12.2. The van der Waals surface area contributed by atoms with E-state index >= 15 is 0 Å². The van der Waals surface area contributed by atoms with Gasteiger partial charge in [0.25, 0.3) is 0 Å². The number of benzene rings is 2. The number of ketones is 1. The third kappa shape index (κ3) is 5.24. The fourth-order valence-electron chi connectivity index (χ4n) is 2.15. The van der Waals surface area contributed by atoms with Crippen LogP contribution in [-0.2, 0) is 4.79 Å². The zero-order valence-electron chi connectivity index (χ0n) is 12.2. The van der Waals surface area contributed by atoms with Gasteiger partial charge in [-0.1, -0.05) is 73.7 Å². The van der Waals surface area contributed by atoms with Crippen molar-refractivity contribution in [3.63, 3.8) is 0 Å². The number of thioether (sulfide) groups is 1. The van der Waals surface area contributed by atoms with Gasteiger partial charge in [0.2, 0.25) is 0 Å². The summed E-state index contributed by atoms with van der Waals surface area (Å²) in [5.74, 6) is 1.18. The second-order valence-electron chi connectivity index (χ2n) is 4.77. The van der Waals surface area contributed by atoms with Gasteiger partial charge in [-0.3, -0.25) is 4.79 Å². The molecule has 0 spiro atoms. The Hall–Kier alpha value is -1.80. The molecule has 1 nitrogen and oxygen atoms in total. The first-order valence-corrected chi connectivity index (χ1v) is 8.27. The molecule has 2 aromatic carbocycles. The minimum atomic E-state index is 0.175. The van der Waals surface area contributed by atoms with E-state index in [1.165, 1.54) is 5.56 Å². The molecule has 0 bridgehead atoms. The number of carbonyl (C=O) groups is 1. The van der Waals surface area contributed by atoms with E-state index in [1.54, 1.807) is 6.08 Å². The van der Waals surface area contributed by atoms with Gasteiger partial charge in [-0.25, -0.2) is 0 Å². The van der Waals surface area contributed by atoms with Gasteiger partial charge >= 0.3 is 0 Å². The minimum Gasteiger partial charge on any atom is -0.295 e. The van der Waals surface area contributed by atoms with Crippen LogP contribution in [0.5, 0.6) is 0 Å². The standard InChI is InChI=1S/C19H20OS/c1-2-21-19(17-11-7-4-8-12-17)15-18(20)14-13-16-9-5-3-6-10-16/h3-14,19H,2,15H2,1H3/b14-13+/t19-/m0/s1. The number of hydrogen-bond donors (Lipinski definition) is 0. The summed E-state index contributed by atoms with van der Waals surface area (Å²) in [6.45, 7) is 2.13. The molecule has 21 heavy (non-hydrogen) atoms. The molecular weight excluding hydrogens is 276 g/mol. The van der Waals surface area contributed by atoms with Crippen molar-refractivity contribution in [3.05, 3.63) is 77.9 Å². The third-order valence-electron chi connectivity index (χ3n) is 3.19. The third-order valence-corrected chi connectivity index (χ3v) is 4.36. The van der Waals surface area contributed by atoms with Crippen molar-refractivity contribution in [3.8, 4) is 0 Å². The molecule has 108 valence electrons. The Kier molecular flexibility index (Phi) is 6.29. The normalized spacial score (nSPS) is 12.4. The van der Waals surface area contributed by atoms with Crippen molar-refractivity contribution in [2.24, 2.45) is 0 Å². The largest absolute Gasteiger partial charge is 0.295 e. The Bertz CT molecular complexity index is 575. The molecule has 2 rings (SSSR count). The van der Waals surface area contributed by atoms with E-state index in [9.17, 15) is 4.79 Å². The Morgan fingerprint density at radius 3 is 2.29 bits per heavy atom. The molecule has 0 aliphatic rings. The fraction of sp³-hybridized carbons (Fsp3) is 0.211. The second kappa shape index (κ2) is 8.48. The molecule has 1 atom stereocenters. The van der Waals surface area contributed by atoms with Crippen molar-refractivity contribution in [2.45, 2.75) is 18.6 Å². The first-order chi connectivity index (χ1) is 10.3. The molecule has 0 unspecified atom stereocenters. The molecule has 0 heterocycles. The zero-order chi connectivity index (χ0) is 14.9. The average Bonchev–Trinajstić information content (AvgIpc) is 2.54. The Balaban J connectivity index is 2.00. The Labute approximate surface area is 131 Å². The van der Waals surface area contributed by atoms with Gasteiger partial charge in [0.15, 0.2) is 5.78 Å². The van der Waals surface area contributed by atoms with Gasteiger partial charge < -0.3 is 0 Å². The molecule has 0 aliphatic carbocycles. The Morgan fingerprint density at radius 1 is 1.05 bits per heavy atom. The zero-order valence-corrected chi connectivity index (χ0v) is 13.1. The van der Waals surface area contributed by atoms with Gasteiger partial charge in [-0.2, -0.15) is 11.8 Å². The summed E-state index contributed by atoms with van der Waals surface area (Å²) < 4.78 is 0. The molecule has 2 heteroatoms. The van der Waals surface area contributed by atoms with Crippen LogP contribution in [0.4, 0.5) is 0 Å². The molecule has 0 amide bonds. The van der Waals surface area contributed by atoms with E-state index in [4.69, 9.17) is 0 Å². The summed E-state index contributed by atoms with van der Waals surface area (Å²) in [5, 5.41) is 0.240. The summed E-state index contributed by atoms with van der Waals surface area (Å²) in [7, 11) is 0. The van der Waals surface area contributed by atoms with Crippen LogP contribution in [0.3, 0.4) is 0 Å². The van der Waals surface area contributed by atoms with Crippen LogP contribution < -0.4 is 0 Å². The molecule has 0 fully saturated rings. The SMILES string of the molecule is CCS[C@@H](CC(=O)/C=C/c1ccccc1)c1ccccc1. The molecular formula is C19H20OS. The van der Waals surface area contributed by atoms with Crippen LogP contribution in [0.2, 0.25) is 0 Å². The van der Waals surface area contributed by atoms with Crippen molar-refractivity contribution in [1.29, 1.82) is 0 Å². The lowest BCUT2D eigenvalue weighted by Crippen LogP contribution is -2.02. The van der Waals surface area contributed by atoms with Gasteiger partial charge in [-0.15, -0.1) is 0 Å². The van der Waals surface area contributed by atoms with Crippen molar-refractivity contribution in [1.82, 2.24) is 0 Å². The van der Waals surface area contributed by atoms with Gasteiger partial charge in [0.05, 0.1) is 0 Å². The molecule has 0 aliphatic heterocycles. The molecule has 0 saturated carbocycles. The summed E-state index contributed by atoms with van der Waals surface area (Å²) in [6, 6.07) is 20.2. The topological polar surface area (TPSA) is 17.1 Å². The van der Waals surface area contributed by atoms with E-state index in [2.05, 4.69) is 19.1 Å². The molecule has 2 aromatic rings. The van der Waals surface area contributed by atoms with Crippen LogP contribution in [0.15, 0.2) is 66.7 Å². The Morgan fingerprint density at radius 2 is 1.67 bits per heavy atom. The maximum absolute atomic E-state index is 12.2. The van der Waals surface area contributed by atoms with Crippen molar-refractivity contribution < 1.29 is 4.79 Å². The number of rotatable bonds is 7. The highest BCUT2D eigenvalue weighted by Crippen LogP contribution is 2.32. The lowest BCUT2D eigenvalue weighted by Gasteiger charge is -2.14. The minimum absolute atomic E-state index is 0.175. The average molecular weight is 296 g/mol. The number of carbonyl (C=O) groups excluding carboxylic acids is 1. The fourth-order valence-corrected chi connectivity index (χ4v) is 3.18. The van der Waals surface area contributed by atoms with Crippen LogP contribution in [0, 0.1) is 0 Å². The van der Waals surface area contributed by atoms with E-state index in [1.807, 2.05) is 66.4 Å². The summed E-state index contributed by atoms with van der Waals surface area (Å²) >= 11 is 1.82. The summed E-state index contributed by atoms with van der Waals surface area (Å²) in [4.78, 5) is 12.2. The summed E-state index contributed by atoms with van der Waals surface area (Å²) in [5.41, 5.74) is 2.29. The molecule has 0 N–H and O–H groups in total. The van der Waals surface area contributed by atoms with E-state index in [0.717, 1.165) is 11.3 Å². The van der Waals surface area contributed by atoms with Gasteiger partial charge in [-0.05, 0) is 23.0 Å². The molecule has 0 aromatic heterocycles. The van der Waals surface area contributed by atoms with E-state index in [-0.39, 0.29) is 11.0 Å². The van der Waals surface area contributed by atoms with Crippen LogP contribution >= 0.6 is 11.8 Å². The summed E-state index contributed by atoms with van der Waals surface area (Å²) in [6.07, 6.45) is 4.13. The number of hydrogen-bond acceptors (Lipinski definition) is 2. The monoisotopic (exact) mass is 296 g/mol. The van der Waals surface area contributed by atoms with Crippen LogP contribution in [-0.4, -0.2) is 11.5 Å². The quantitative estimate of drug-likeness (QED) is 0.657. The van der Waals surface area contributed by atoms with Crippen molar-refractivity contribution >= 4 is 23.6 Å². The first kappa shape index (κ1) is 15.6. The number of allylic oxidation sites excluding steroid dienone is 1. The highest BCUT2D eigenvalue weighted by molar-refractivity contribution is 7.99. The van der Waals surface area contributed by atoms with Crippen LogP contribution in [0.1, 0.15) is 29.7 Å². The highest BCUT2D eigenvalue weighted by Gasteiger charge is 2.14. The van der Waals surface area contributed by atoms with E-state index < -0.39 is 0 Å². The second-order valence-corrected chi connectivity index (χ2v) is 6.25. The van der Waals surface area contributed by atoms with Crippen molar-refractivity contribution in [2.75, 3.05) is 5.75 Å². The lowest BCUT2D eigenvalue weighted by atomic mass is 10.1. The predicted octanol–water partition coefficient (Wildman–Crippen LogP) is 5.15. The smallest absolute Gasteiger partial charge is 0.157 e. The van der Waals surface area contributed by atoms with E-state index in [0.29, 0.717) is 6.42 Å². The maximum Gasteiger partial charge on any atom is 0.157 e. The predicted molar refractivity (Wildman–Crippen MR) is 92.4 cm³/mol. The lowest BCUT2D eigenvalue weighted by molar-refractivity contribution is -0.114. The highest BCUT2D eigenvalue weighted by atomic mass is 32.2. The first-order valence-electron chi connectivity index (χ1n) is 7.22. The molecule has 0 radical (unpaired) electrons. The van der Waals surface area contributed by atoms with Gasteiger partial charge in [0, 0.05) is 11.7 Å². The van der Waals surface area contributed by atoms with Crippen LogP contribution in [0.25, 0.3) is 6.08 Å². The molecule has 0 saturated heterocycles.